The molecule has 0 saturated carbocycles. The van der Waals surface area contributed by atoms with Crippen molar-refractivity contribution in [3.63, 3.8) is 0 Å². The zero-order valence-electron chi connectivity index (χ0n) is 25.5. The smallest absolute Gasteiger partial charge is 0.333 e. The Bertz CT molecular complexity index is 980. The highest BCUT2D eigenvalue weighted by molar-refractivity contribution is 5.87. The van der Waals surface area contributed by atoms with Gasteiger partial charge in [0.2, 0.25) is 0 Å². The average Bonchev–Trinajstić information content (AvgIpc) is 2.96. The molecule has 1 aliphatic rings. The molecule has 0 fully saturated rings. The Balaban J connectivity index is 1.80. The summed E-state index contributed by atoms with van der Waals surface area (Å²) in [7, 11) is 0. The molecule has 0 N–H and O–H groups in total. The molecule has 1 aliphatic carbocycles. The van der Waals surface area contributed by atoms with Crippen LogP contribution in [0.2, 0.25) is 0 Å². The summed E-state index contributed by atoms with van der Waals surface area (Å²) in [5.41, 5.74) is 3.50. The van der Waals surface area contributed by atoms with Crippen LogP contribution >= 0.6 is 0 Å². The topological polar surface area (TPSA) is 71.1 Å². The van der Waals surface area contributed by atoms with E-state index in [1.54, 1.807) is 13.8 Å². The molecule has 6 heteroatoms. The fourth-order valence-corrected chi connectivity index (χ4v) is 4.52. The first-order valence-electron chi connectivity index (χ1n) is 15.1. The van der Waals surface area contributed by atoms with Crippen LogP contribution in [0.25, 0.3) is 0 Å². The van der Waals surface area contributed by atoms with Crippen LogP contribution in [0.15, 0.2) is 78.4 Å². The van der Waals surface area contributed by atoms with E-state index < -0.39 is 5.79 Å². The minimum absolute atomic E-state index is 0.0846. The van der Waals surface area contributed by atoms with E-state index >= 15 is 0 Å². The molecule has 0 amide bonds. The summed E-state index contributed by atoms with van der Waals surface area (Å²) in [6.07, 6.45) is 15.9. The molecule has 0 aromatic heterocycles. The average molecular weight is 567 g/mol. The highest BCUT2D eigenvalue weighted by Gasteiger charge is 2.36. The molecule has 1 aromatic rings. The molecular formula is C35H50O6. The minimum Gasteiger partial charge on any atom is -0.462 e. The predicted octanol–water partition coefficient (Wildman–Crippen LogP) is 7.84. The fourth-order valence-electron chi connectivity index (χ4n) is 4.52. The highest BCUT2D eigenvalue weighted by atomic mass is 16.7. The number of esters is 2. The zero-order valence-corrected chi connectivity index (χ0v) is 25.5. The van der Waals surface area contributed by atoms with Crippen molar-refractivity contribution < 1.29 is 28.5 Å². The van der Waals surface area contributed by atoms with Gasteiger partial charge >= 0.3 is 11.9 Å². The van der Waals surface area contributed by atoms with Crippen LogP contribution in [0.1, 0.15) is 84.1 Å². The number of hydrogen-bond acceptors (Lipinski definition) is 6. The Hall–Kier alpha value is -2.96. The van der Waals surface area contributed by atoms with Crippen LogP contribution in [0.3, 0.4) is 0 Å². The molecule has 0 radical (unpaired) electrons. The standard InChI is InChI=1S/C35H50O6/c1-28(2)33(36)38-23-13-6-8-15-25-40-35(41-26-16-9-7-14-24-39-34(37)29(3)4)22-21-32(27-30(35)5)20-19-31-17-11-10-12-18-31/h10-12,17-18,21-22,27,30H,1,3,6-9,13-16,19-20,23-26H2,2,4-5H3. The number of ether oxygens (including phenoxy) is 4. The Kier molecular flexibility index (Phi) is 16.0. The molecule has 0 aliphatic heterocycles. The summed E-state index contributed by atoms with van der Waals surface area (Å²) in [6.45, 7) is 14.7. The third-order valence-corrected chi connectivity index (χ3v) is 7.07. The van der Waals surface area contributed by atoms with Crippen molar-refractivity contribution >= 4 is 11.9 Å². The van der Waals surface area contributed by atoms with E-state index in [1.165, 1.54) is 11.1 Å². The van der Waals surface area contributed by atoms with Gasteiger partial charge in [0.1, 0.15) is 0 Å². The van der Waals surface area contributed by atoms with E-state index in [0.717, 1.165) is 64.2 Å². The lowest BCUT2D eigenvalue weighted by molar-refractivity contribution is -0.225. The van der Waals surface area contributed by atoms with Gasteiger partial charge in [0.15, 0.2) is 5.79 Å². The van der Waals surface area contributed by atoms with Gasteiger partial charge in [-0.2, -0.15) is 0 Å². The van der Waals surface area contributed by atoms with Gasteiger partial charge in [-0.1, -0.05) is 81.0 Å². The van der Waals surface area contributed by atoms with E-state index in [2.05, 4.69) is 62.6 Å². The number of aryl methyl sites for hydroxylation is 1. The second-order valence-electron chi connectivity index (χ2n) is 10.9. The van der Waals surface area contributed by atoms with Gasteiger partial charge in [0, 0.05) is 17.1 Å². The summed E-state index contributed by atoms with van der Waals surface area (Å²) < 4.78 is 23.2. The Morgan fingerprint density at radius 3 is 1.68 bits per heavy atom. The van der Waals surface area contributed by atoms with E-state index in [-0.39, 0.29) is 17.9 Å². The Morgan fingerprint density at radius 2 is 1.22 bits per heavy atom. The number of carbonyl (C=O) groups excluding carboxylic acids is 2. The molecule has 0 saturated heterocycles. The summed E-state index contributed by atoms with van der Waals surface area (Å²) in [6, 6.07) is 10.5. The van der Waals surface area contributed by atoms with Crippen molar-refractivity contribution in [2.45, 2.75) is 90.8 Å². The van der Waals surface area contributed by atoms with E-state index in [0.29, 0.717) is 37.6 Å². The van der Waals surface area contributed by atoms with Gasteiger partial charge in [-0.3, -0.25) is 0 Å². The summed E-state index contributed by atoms with van der Waals surface area (Å²) >= 11 is 0. The lowest BCUT2D eigenvalue weighted by Crippen LogP contribution is -2.42. The van der Waals surface area contributed by atoms with E-state index in [4.69, 9.17) is 18.9 Å². The first kappa shape index (κ1) is 34.2. The normalized spacial score (nSPS) is 15.7. The van der Waals surface area contributed by atoms with Crippen molar-refractivity contribution in [3.8, 4) is 0 Å². The van der Waals surface area contributed by atoms with Crippen molar-refractivity contribution in [1.82, 2.24) is 0 Å². The summed E-state index contributed by atoms with van der Waals surface area (Å²) in [4.78, 5) is 23.0. The molecule has 226 valence electrons. The van der Waals surface area contributed by atoms with Gasteiger partial charge < -0.3 is 18.9 Å². The van der Waals surface area contributed by atoms with Gasteiger partial charge in [-0.25, -0.2) is 9.59 Å². The molecule has 0 bridgehead atoms. The summed E-state index contributed by atoms with van der Waals surface area (Å²) in [5, 5.41) is 0. The zero-order chi connectivity index (χ0) is 29.9. The first-order valence-corrected chi connectivity index (χ1v) is 15.1. The lowest BCUT2D eigenvalue weighted by Gasteiger charge is -2.37. The van der Waals surface area contributed by atoms with E-state index in [1.807, 2.05) is 6.07 Å². The van der Waals surface area contributed by atoms with Crippen molar-refractivity contribution in [3.05, 3.63) is 84.0 Å². The minimum atomic E-state index is -0.774. The van der Waals surface area contributed by atoms with Gasteiger partial charge in [-0.15, -0.1) is 0 Å². The molecule has 1 atom stereocenters. The van der Waals surface area contributed by atoms with Crippen LogP contribution in [0.5, 0.6) is 0 Å². The lowest BCUT2D eigenvalue weighted by atomic mass is 9.89. The van der Waals surface area contributed by atoms with Crippen LogP contribution in [0.4, 0.5) is 0 Å². The maximum atomic E-state index is 11.5. The number of rotatable bonds is 21. The molecule has 0 spiro atoms. The molecule has 6 nitrogen and oxygen atoms in total. The van der Waals surface area contributed by atoms with Crippen molar-refractivity contribution in [2.24, 2.45) is 5.92 Å². The quantitative estimate of drug-likeness (QED) is 0.0653. The van der Waals surface area contributed by atoms with E-state index in [9.17, 15) is 9.59 Å². The van der Waals surface area contributed by atoms with Crippen LogP contribution in [-0.4, -0.2) is 44.2 Å². The van der Waals surface area contributed by atoms with Crippen molar-refractivity contribution in [1.29, 1.82) is 0 Å². The molecule has 1 unspecified atom stereocenters. The fraction of sp³-hybridized carbons (Fsp3) is 0.543. The number of unbranched alkanes of at least 4 members (excludes halogenated alkanes) is 6. The maximum absolute atomic E-state index is 11.5. The maximum Gasteiger partial charge on any atom is 0.333 e. The Labute approximate surface area is 247 Å². The third kappa shape index (κ3) is 13.5. The molecule has 41 heavy (non-hydrogen) atoms. The number of carbonyl (C=O) groups is 2. The predicted molar refractivity (Wildman–Crippen MR) is 164 cm³/mol. The highest BCUT2D eigenvalue weighted by Crippen LogP contribution is 2.34. The van der Waals surface area contributed by atoms with Gasteiger partial charge in [-0.05, 0) is 76.9 Å². The Morgan fingerprint density at radius 1 is 0.732 bits per heavy atom. The largest absolute Gasteiger partial charge is 0.462 e. The molecule has 1 aromatic carbocycles. The van der Waals surface area contributed by atoms with Gasteiger partial charge in [0.05, 0.1) is 26.4 Å². The third-order valence-electron chi connectivity index (χ3n) is 7.07. The second-order valence-corrected chi connectivity index (χ2v) is 10.9. The monoisotopic (exact) mass is 566 g/mol. The molecule has 2 rings (SSSR count). The van der Waals surface area contributed by atoms with Gasteiger partial charge in [0.25, 0.3) is 0 Å². The molecule has 0 heterocycles. The summed E-state index contributed by atoms with van der Waals surface area (Å²) in [5.74, 6) is -1.34. The SMILES string of the molecule is C=C(C)C(=O)OCCCCCCOC1(OCCCCCCOC(=O)C(=C)C)C=CC(CCc2ccccc2)=CC1C. The second kappa shape index (κ2) is 19.2. The molecular weight excluding hydrogens is 516 g/mol. The first-order chi connectivity index (χ1) is 19.7. The van der Waals surface area contributed by atoms with Crippen LogP contribution in [0, 0.1) is 5.92 Å². The van der Waals surface area contributed by atoms with Crippen molar-refractivity contribution in [2.75, 3.05) is 26.4 Å². The number of hydrogen-bond donors (Lipinski definition) is 0. The van der Waals surface area contributed by atoms with Crippen LogP contribution < -0.4 is 0 Å². The van der Waals surface area contributed by atoms with Crippen LogP contribution in [-0.2, 0) is 35.0 Å². The number of benzene rings is 1. The number of allylic oxidation sites excluding steroid dienone is 2.